The summed E-state index contributed by atoms with van der Waals surface area (Å²) in [5, 5.41) is 6.91. The molecular formula is C18H18N4OS. The molecular weight excluding hydrogens is 320 g/mol. The Kier molecular flexibility index (Phi) is 5.42. The highest BCUT2D eigenvalue weighted by atomic mass is 32.1. The summed E-state index contributed by atoms with van der Waals surface area (Å²) in [5.41, 5.74) is 1.99. The largest absolute Gasteiger partial charge is 0.457 e. The highest BCUT2D eigenvalue weighted by Gasteiger charge is 2.00. The first-order valence-corrected chi connectivity index (χ1v) is 8.05. The molecule has 0 fully saturated rings. The molecule has 0 amide bonds. The normalized spacial score (nSPS) is 10.2. The van der Waals surface area contributed by atoms with E-state index in [1.165, 1.54) is 0 Å². The van der Waals surface area contributed by atoms with Gasteiger partial charge in [-0.15, -0.1) is 0 Å². The Morgan fingerprint density at radius 1 is 1.04 bits per heavy atom. The highest BCUT2D eigenvalue weighted by molar-refractivity contribution is 7.80. The lowest BCUT2D eigenvalue weighted by Gasteiger charge is -2.11. The summed E-state index contributed by atoms with van der Waals surface area (Å²) in [6, 6.07) is 17.4. The van der Waals surface area contributed by atoms with Crippen LogP contribution in [0.25, 0.3) is 0 Å². The molecule has 5 nitrogen and oxygen atoms in total. The molecule has 0 saturated carbocycles. The van der Waals surface area contributed by atoms with Crippen LogP contribution in [0.2, 0.25) is 0 Å². The van der Waals surface area contributed by atoms with Gasteiger partial charge in [0.1, 0.15) is 11.5 Å². The standard InChI is InChI=1S/C18H18N4OS/c24-18(20-11-10-15-12-19-13-21-15)22-14-6-8-17(9-7-14)23-16-4-2-1-3-5-16/h1-9,12-13H,10-11H2,(H,19,21)(H2,20,22,24). The van der Waals surface area contributed by atoms with Gasteiger partial charge in [-0.2, -0.15) is 0 Å². The number of anilines is 1. The van der Waals surface area contributed by atoms with Crippen LogP contribution in [0.5, 0.6) is 11.5 Å². The third-order valence-electron chi connectivity index (χ3n) is 3.33. The lowest BCUT2D eigenvalue weighted by Crippen LogP contribution is -2.30. The topological polar surface area (TPSA) is 62.0 Å². The molecule has 1 aromatic heterocycles. The number of rotatable bonds is 6. The molecule has 3 N–H and O–H groups in total. The average molecular weight is 338 g/mol. The van der Waals surface area contributed by atoms with Crippen molar-refractivity contribution in [2.24, 2.45) is 0 Å². The number of imidazole rings is 1. The summed E-state index contributed by atoms with van der Waals surface area (Å²) < 4.78 is 5.76. The third-order valence-corrected chi connectivity index (χ3v) is 3.57. The minimum absolute atomic E-state index is 0.589. The summed E-state index contributed by atoms with van der Waals surface area (Å²) in [6.45, 7) is 0.739. The molecule has 6 heteroatoms. The number of hydrogen-bond donors (Lipinski definition) is 3. The summed E-state index contributed by atoms with van der Waals surface area (Å²) in [5.74, 6) is 1.60. The number of H-pyrrole nitrogens is 1. The number of benzene rings is 2. The van der Waals surface area contributed by atoms with Crippen molar-refractivity contribution in [2.45, 2.75) is 6.42 Å². The van der Waals surface area contributed by atoms with Crippen LogP contribution in [0.3, 0.4) is 0 Å². The predicted octanol–water partition coefficient (Wildman–Crippen LogP) is 3.73. The van der Waals surface area contributed by atoms with E-state index in [0.29, 0.717) is 5.11 Å². The molecule has 0 aliphatic carbocycles. The van der Waals surface area contributed by atoms with Gasteiger partial charge in [-0.05, 0) is 48.6 Å². The van der Waals surface area contributed by atoms with Gasteiger partial charge in [0.05, 0.1) is 6.33 Å². The number of hydrogen-bond acceptors (Lipinski definition) is 3. The molecule has 3 rings (SSSR count). The van der Waals surface area contributed by atoms with E-state index in [1.54, 1.807) is 6.33 Å². The Balaban J connectivity index is 1.46. The smallest absolute Gasteiger partial charge is 0.170 e. The fraction of sp³-hybridized carbons (Fsp3) is 0.111. The zero-order valence-electron chi connectivity index (χ0n) is 13.0. The van der Waals surface area contributed by atoms with Crippen LogP contribution >= 0.6 is 12.2 Å². The predicted molar refractivity (Wildman–Crippen MR) is 99.5 cm³/mol. The first-order chi connectivity index (χ1) is 11.8. The van der Waals surface area contributed by atoms with E-state index in [9.17, 15) is 0 Å². The second-order valence-corrected chi connectivity index (χ2v) is 5.56. The molecule has 0 aliphatic rings. The Bertz CT molecular complexity index is 757. The summed E-state index contributed by atoms with van der Waals surface area (Å²) in [7, 11) is 0. The fourth-order valence-electron chi connectivity index (χ4n) is 2.14. The number of ether oxygens (including phenoxy) is 1. The number of nitrogens with zero attached hydrogens (tertiary/aromatic N) is 1. The third kappa shape index (κ3) is 4.82. The van der Waals surface area contributed by atoms with E-state index in [1.807, 2.05) is 60.8 Å². The van der Waals surface area contributed by atoms with Gasteiger partial charge in [0.2, 0.25) is 0 Å². The molecule has 3 aromatic rings. The lowest BCUT2D eigenvalue weighted by atomic mass is 10.3. The zero-order chi connectivity index (χ0) is 16.6. The van der Waals surface area contributed by atoms with E-state index in [4.69, 9.17) is 17.0 Å². The van der Waals surface area contributed by atoms with Crippen LogP contribution in [-0.2, 0) is 6.42 Å². The molecule has 24 heavy (non-hydrogen) atoms. The van der Waals surface area contributed by atoms with Crippen molar-refractivity contribution in [1.29, 1.82) is 0 Å². The highest BCUT2D eigenvalue weighted by Crippen LogP contribution is 2.22. The van der Waals surface area contributed by atoms with Gasteiger partial charge in [-0.1, -0.05) is 18.2 Å². The number of para-hydroxylation sites is 1. The van der Waals surface area contributed by atoms with Crippen LogP contribution in [-0.4, -0.2) is 21.6 Å². The van der Waals surface area contributed by atoms with Gasteiger partial charge < -0.3 is 20.4 Å². The number of aromatic amines is 1. The van der Waals surface area contributed by atoms with E-state index in [0.717, 1.165) is 35.8 Å². The summed E-state index contributed by atoms with van der Waals surface area (Å²) in [6.07, 6.45) is 4.32. The quantitative estimate of drug-likeness (QED) is 0.598. The lowest BCUT2D eigenvalue weighted by molar-refractivity contribution is 0.483. The van der Waals surface area contributed by atoms with Crippen LogP contribution in [0.1, 0.15) is 5.69 Å². The van der Waals surface area contributed by atoms with Gasteiger partial charge in [-0.3, -0.25) is 0 Å². The molecule has 1 heterocycles. The van der Waals surface area contributed by atoms with Crippen molar-refractivity contribution in [3.63, 3.8) is 0 Å². The Labute approximate surface area is 146 Å². The zero-order valence-corrected chi connectivity index (χ0v) is 13.8. The van der Waals surface area contributed by atoms with Crippen molar-refractivity contribution < 1.29 is 4.74 Å². The van der Waals surface area contributed by atoms with Gasteiger partial charge in [-0.25, -0.2) is 4.98 Å². The summed E-state index contributed by atoms with van der Waals surface area (Å²) >= 11 is 5.29. The molecule has 0 aliphatic heterocycles. The van der Waals surface area contributed by atoms with Crippen LogP contribution in [0.15, 0.2) is 67.1 Å². The monoisotopic (exact) mass is 338 g/mol. The Morgan fingerprint density at radius 3 is 2.50 bits per heavy atom. The minimum Gasteiger partial charge on any atom is -0.457 e. The number of thiocarbonyl (C=S) groups is 1. The van der Waals surface area contributed by atoms with Crippen LogP contribution in [0, 0.1) is 0 Å². The molecule has 0 atom stereocenters. The second kappa shape index (κ2) is 8.12. The van der Waals surface area contributed by atoms with E-state index < -0.39 is 0 Å². The molecule has 0 spiro atoms. The first kappa shape index (κ1) is 16.0. The summed E-state index contributed by atoms with van der Waals surface area (Å²) in [4.78, 5) is 7.04. The SMILES string of the molecule is S=C(NCCc1cnc[nH]1)Nc1ccc(Oc2ccccc2)cc1. The van der Waals surface area contributed by atoms with Gasteiger partial charge in [0.25, 0.3) is 0 Å². The molecule has 0 unspecified atom stereocenters. The first-order valence-electron chi connectivity index (χ1n) is 7.65. The second-order valence-electron chi connectivity index (χ2n) is 5.15. The molecule has 122 valence electrons. The maximum atomic E-state index is 5.76. The maximum Gasteiger partial charge on any atom is 0.170 e. The van der Waals surface area contributed by atoms with Gasteiger partial charge in [0, 0.05) is 30.5 Å². The van der Waals surface area contributed by atoms with Crippen molar-refractivity contribution in [1.82, 2.24) is 15.3 Å². The molecule has 0 saturated heterocycles. The van der Waals surface area contributed by atoms with E-state index in [-0.39, 0.29) is 0 Å². The van der Waals surface area contributed by atoms with Crippen LogP contribution in [0.4, 0.5) is 5.69 Å². The van der Waals surface area contributed by atoms with Crippen molar-refractivity contribution in [2.75, 3.05) is 11.9 Å². The van der Waals surface area contributed by atoms with Gasteiger partial charge in [0.15, 0.2) is 5.11 Å². The molecule has 2 aromatic carbocycles. The van der Waals surface area contributed by atoms with E-state index >= 15 is 0 Å². The Hall–Kier alpha value is -2.86. The molecule has 0 bridgehead atoms. The average Bonchev–Trinajstić information content (AvgIpc) is 3.11. The van der Waals surface area contributed by atoms with Crippen molar-refractivity contribution in [3.05, 3.63) is 72.8 Å². The number of aromatic nitrogens is 2. The Morgan fingerprint density at radius 2 is 1.79 bits per heavy atom. The van der Waals surface area contributed by atoms with E-state index in [2.05, 4.69) is 20.6 Å². The molecule has 0 radical (unpaired) electrons. The van der Waals surface area contributed by atoms with Crippen LogP contribution < -0.4 is 15.4 Å². The minimum atomic E-state index is 0.589. The van der Waals surface area contributed by atoms with Crippen molar-refractivity contribution >= 4 is 23.0 Å². The van der Waals surface area contributed by atoms with Gasteiger partial charge >= 0.3 is 0 Å². The number of nitrogens with one attached hydrogen (secondary N) is 3. The fourth-order valence-corrected chi connectivity index (χ4v) is 2.36. The maximum absolute atomic E-state index is 5.76. The van der Waals surface area contributed by atoms with Crippen molar-refractivity contribution in [3.8, 4) is 11.5 Å².